The largest absolute Gasteiger partial charge is 0.354 e. The summed E-state index contributed by atoms with van der Waals surface area (Å²) < 4.78 is 5.25. The van der Waals surface area contributed by atoms with Crippen molar-refractivity contribution >= 4 is 17.4 Å². The lowest BCUT2D eigenvalue weighted by Crippen LogP contribution is -1.88. The summed E-state index contributed by atoms with van der Waals surface area (Å²) in [6.07, 6.45) is 6.06. The molecule has 0 amide bonds. The van der Waals surface area contributed by atoms with E-state index in [-0.39, 0.29) is 0 Å². The van der Waals surface area contributed by atoms with Crippen molar-refractivity contribution in [3.8, 4) is 0 Å². The number of allylic oxidation sites excluding steroid dienone is 1. The Balaban J connectivity index is 3.38. The van der Waals surface area contributed by atoms with Crippen molar-refractivity contribution in [1.29, 1.82) is 0 Å². The molecule has 2 atom stereocenters. The Bertz CT molecular complexity index is 144. The number of hydrogen-bond donors (Lipinski definition) is 0. The molecule has 0 fully saturated rings. The quantitative estimate of drug-likeness (QED) is 0.355. The number of hydrogen-bond acceptors (Lipinski definition) is 1. The van der Waals surface area contributed by atoms with Crippen LogP contribution in [-0.4, -0.2) is 6.61 Å². The van der Waals surface area contributed by atoms with Crippen molar-refractivity contribution in [2.75, 3.05) is 6.61 Å². The van der Waals surface area contributed by atoms with Crippen LogP contribution in [0.25, 0.3) is 0 Å². The molecule has 0 aliphatic heterocycles. The van der Waals surface area contributed by atoms with Crippen molar-refractivity contribution in [2.24, 2.45) is 5.92 Å². The Hall–Kier alpha value is 0.560. The van der Waals surface area contributed by atoms with Crippen LogP contribution in [0, 0.1) is 5.92 Å². The van der Waals surface area contributed by atoms with Crippen LogP contribution >= 0.6 is 17.4 Å². The maximum Gasteiger partial charge on any atom is 0.0693 e. The molecule has 0 saturated carbocycles. The second kappa shape index (κ2) is 9.13. The van der Waals surface area contributed by atoms with Gasteiger partial charge in [-0.15, -0.1) is 0 Å². The van der Waals surface area contributed by atoms with Gasteiger partial charge in [0, 0.05) is 8.50 Å². The summed E-state index contributed by atoms with van der Waals surface area (Å²) in [6, 6.07) is 0. The van der Waals surface area contributed by atoms with Gasteiger partial charge in [-0.2, -0.15) is 0 Å². The fourth-order valence-corrected chi connectivity index (χ4v) is 1.59. The van der Waals surface area contributed by atoms with E-state index >= 15 is 0 Å². The molecule has 0 spiro atoms. The van der Waals surface area contributed by atoms with E-state index in [0.29, 0.717) is 8.50 Å². The Morgan fingerprint density at radius 2 is 2.23 bits per heavy atom. The summed E-state index contributed by atoms with van der Waals surface area (Å²) in [6.45, 7) is 7.51. The summed E-state index contributed by atoms with van der Waals surface area (Å²) in [4.78, 5) is 0. The zero-order valence-corrected chi connectivity index (χ0v) is 11.1. The monoisotopic (exact) mass is 220 g/mol. The maximum absolute atomic E-state index is 5.25. The molecule has 3 heteroatoms. The lowest BCUT2D eigenvalue weighted by atomic mass is 10.0. The standard InChI is InChI=1S/C10H22OP2/c1-9(2)5-4-6-10(3)7-8-11-13-12/h7,9,13H,4-6,8,12H2,1-3H3/b10-7+. The van der Waals surface area contributed by atoms with Gasteiger partial charge in [0.1, 0.15) is 0 Å². The normalized spacial score (nSPS) is 13.5. The lowest BCUT2D eigenvalue weighted by molar-refractivity contribution is 0.422. The van der Waals surface area contributed by atoms with Gasteiger partial charge in [-0.1, -0.05) is 40.8 Å². The van der Waals surface area contributed by atoms with E-state index in [0.717, 1.165) is 12.5 Å². The Morgan fingerprint density at radius 1 is 1.54 bits per heavy atom. The smallest absolute Gasteiger partial charge is 0.0693 e. The molecule has 2 unspecified atom stereocenters. The minimum absolute atomic E-state index is 0.528. The van der Waals surface area contributed by atoms with Gasteiger partial charge in [0.25, 0.3) is 0 Å². The highest BCUT2D eigenvalue weighted by Crippen LogP contribution is 2.21. The summed E-state index contributed by atoms with van der Waals surface area (Å²) >= 11 is 0. The third-order valence-electron chi connectivity index (χ3n) is 1.95. The zero-order valence-electron chi connectivity index (χ0n) is 8.97. The van der Waals surface area contributed by atoms with Gasteiger partial charge in [0.2, 0.25) is 0 Å². The predicted octanol–water partition coefficient (Wildman–Crippen LogP) is 4.16. The zero-order chi connectivity index (χ0) is 10.1. The van der Waals surface area contributed by atoms with Crippen LogP contribution in [-0.2, 0) is 4.52 Å². The molecule has 0 rings (SSSR count). The van der Waals surface area contributed by atoms with Gasteiger partial charge in [-0.05, 0) is 25.7 Å². The fraction of sp³-hybridized carbons (Fsp3) is 0.800. The van der Waals surface area contributed by atoms with Crippen LogP contribution in [0.3, 0.4) is 0 Å². The van der Waals surface area contributed by atoms with E-state index in [2.05, 4.69) is 35.8 Å². The molecular weight excluding hydrogens is 198 g/mol. The highest BCUT2D eigenvalue weighted by molar-refractivity contribution is 8.00. The van der Waals surface area contributed by atoms with E-state index in [1.807, 2.05) is 0 Å². The Kier molecular flexibility index (Phi) is 9.52. The van der Waals surface area contributed by atoms with Crippen LogP contribution in [0.5, 0.6) is 0 Å². The fourth-order valence-electron chi connectivity index (χ4n) is 1.12. The maximum atomic E-state index is 5.25. The van der Waals surface area contributed by atoms with E-state index in [1.54, 1.807) is 0 Å². The molecule has 0 bridgehead atoms. The minimum atomic E-state index is 0.528. The first kappa shape index (κ1) is 13.6. The lowest BCUT2D eigenvalue weighted by Gasteiger charge is -2.04. The Labute approximate surface area is 86.7 Å². The van der Waals surface area contributed by atoms with E-state index in [4.69, 9.17) is 4.52 Å². The second-order valence-corrected chi connectivity index (χ2v) is 5.00. The average Bonchev–Trinajstić information content (AvgIpc) is 2.04. The highest BCUT2D eigenvalue weighted by atomic mass is 32.0. The van der Waals surface area contributed by atoms with Crippen molar-refractivity contribution in [3.63, 3.8) is 0 Å². The van der Waals surface area contributed by atoms with Crippen LogP contribution in [0.4, 0.5) is 0 Å². The molecule has 0 aliphatic carbocycles. The van der Waals surface area contributed by atoms with Crippen molar-refractivity contribution < 1.29 is 4.52 Å². The molecule has 0 aromatic rings. The summed E-state index contributed by atoms with van der Waals surface area (Å²) in [5, 5.41) is 0. The molecule has 0 aliphatic rings. The van der Waals surface area contributed by atoms with Crippen LogP contribution < -0.4 is 0 Å². The number of rotatable bonds is 7. The SMILES string of the molecule is C/C(=C\COPP)CCCC(C)C. The van der Waals surface area contributed by atoms with Crippen LogP contribution in [0.15, 0.2) is 11.6 Å². The summed E-state index contributed by atoms with van der Waals surface area (Å²) in [5.41, 5.74) is 1.46. The average molecular weight is 220 g/mol. The molecular formula is C10H22OP2. The van der Waals surface area contributed by atoms with Crippen molar-refractivity contribution in [2.45, 2.75) is 40.0 Å². The molecule has 0 N–H and O–H groups in total. The molecule has 0 heterocycles. The molecule has 0 aromatic heterocycles. The van der Waals surface area contributed by atoms with Crippen molar-refractivity contribution in [1.82, 2.24) is 0 Å². The van der Waals surface area contributed by atoms with E-state index in [1.165, 1.54) is 24.8 Å². The third kappa shape index (κ3) is 10.5. The first-order chi connectivity index (χ1) is 6.16. The third-order valence-corrected chi connectivity index (χ3v) is 2.78. The highest BCUT2D eigenvalue weighted by Gasteiger charge is 1.94. The molecule has 0 aromatic carbocycles. The summed E-state index contributed by atoms with van der Waals surface area (Å²) in [5.74, 6) is 0.831. The summed E-state index contributed by atoms with van der Waals surface area (Å²) in [7, 11) is 3.11. The van der Waals surface area contributed by atoms with E-state index in [9.17, 15) is 0 Å². The van der Waals surface area contributed by atoms with Crippen LogP contribution in [0.2, 0.25) is 0 Å². The van der Waals surface area contributed by atoms with Crippen LogP contribution in [0.1, 0.15) is 40.0 Å². The predicted molar refractivity (Wildman–Crippen MR) is 66.4 cm³/mol. The Morgan fingerprint density at radius 3 is 2.77 bits per heavy atom. The van der Waals surface area contributed by atoms with E-state index < -0.39 is 0 Å². The molecule has 1 nitrogen and oxygen atoms in total. The van der Waals surface area contributed by atoms with Gasteiger partial charge >= 0.3 is 0 Å². The van der Waals surface area contributed by atoms with Gasteiger partial charge in [-0.25, -0.2) is 0 Å². The molecule has 13 heavy (non-hydrogen) atoms. The van der Waals surface area contributed by atoms with Crippen molar-refractivity contribution in [3.05, 3.63) is 11.6 Å². The first-order valence-corrected chi connectivity index (χ1v) is 7.61. The minimum Gasteiger partial charge on any atom is -0.354 e. The molecule has 0 saturated heterocycles. The molecule has 0 radical (unpaired) electrons. The molecule has 78 valence electrons. The van der Waals surface area contributed by atoms with Gasteiger partial charge in [0.15, 0.2) is 0 Å². The van der Waals surface area contributed by atoms with Gasteiger partial charge < -0.3 is 4.52 Å². The second-order valence-electron chi connectivity index (χ2n) is 3.77. The topological polar surface area (TPSA) is 9.23 Å². The van der Waals surface area contributed by atoms with Gasteiger partial charge in [-0.3, -0.25) is 0 Å². The van der Waals surface area contributed by atoms with Gasteiger partial charge in [0.05, 0.1) is 6.61 Å². The first-order valence-electron chi connectivity index (χ1n) is 4.89.